The van der Waals surface area contributed by atoms with Crippen LogP contribution in [-0.4, -0.2) is 46.8 Å². The third-order valence-corrected chi connectivity index (χ3v) is 7.05. The van der Waals surface area contributed by atoms with Gasteiger partial charge in [-0.25, -0.2) is 4.79 Å². The Hall–Kier alpha value is -2.08. The van der Waals surface area contributed by atoms with E-state index in [-0.39, 0.29) is 29.3 Å². The van der Waals surface area contributed by atoms with Crippen LogP contribution >= 0.6 is 11.6 Å². The highest BCUT2D eigenvalue weighted by atomic mass is 35.5. The minimum absolute atomic E-state index is 0.103. The maximum atomic E-state index is 13.1. The van der Waals surface area contributed by atoms with Crippen molar-refractivity contribution < 1.29 is 14.4 Å². The summed E-state index contributed by atoms with van der Waals surface area (Å²) in [5, 5.41) is 3.14. The van der Waals surface area contributed by atoms with Gasteiger partial charge in [0.25, 0.3) is 5.91 Å². The number of likely N-dealkylation sites (tertiary alicyclic amines) is 1. The summed E-state index contributed by atoms with van der Waals surface area (Å²) in [6, 6.07) is 6.56. The molecular formula is C22H28ClN3O3. The molecule has 0 spiro atoms. The second kappa shape index (κ2) is 6.46. The van der Waals surface area contributed by atoms with Gasteiger partial charge in [0.15, 0.2) is 0 Å². The molecule has 1 saturated carbocycles. The summed E-state index contributed by atoms with van der Waals surface area (Å²) in [5.74, 6) is -0.610. The predicted octanol–water partition coefficient (Wildman–Crippen LogP) is 3.53. The van der Waals surface area contributed by atoms with Gasteiger partial charge in [-0.2, -0.15) is 0 Å². The Morgan fingerprint density at radius 2 is 1.86 bits per heavy atom. The second-order valence-electron chi connectivity index (χ2n) is 10.2. The fourth-order valence-electron chi connectivity index (χ4n) is 5.87. The van der Waals surface area contributed by atoms with Crippen molar-refractivity contribution in [3.8, 4) is 0 Å². The third kappa shape index (κ3) is 3.31. The van der Waals surface area contributed by atoms with Gasteiger partial charge in [-0.05, 0) is 43.1 Å². The molecule has 0 radical (unpaired) electrons. The largest absolute Gasteiger partial charge is 0.338 e. The maximum absolute atomic E-state index is 13.1. The lowest BCUT2D eigenvalue weighted by Gasteiger charge is -2.39. The van der Waals surface area contributed by atoms with E-state index >= 15 is 0 Å². The van der Waals surface area contributed by atoms with Crippen LogP contribution in [0.5, 0.6) is 0 Å². The van der Waals surface area contributed by atoms with Gasteiger partial charge in [-0.3, -0.25) is 14.5 Å². The molecule has 1 aliphatic carbocycles. The maximum Gasteiger partial charge on any atom is 0.325 e. The van der Waals surface area contributed by atoms with Gasteiger partial charge in [-0.15, -0.1) is 0 Å². The van der Waals surface area contributed by atoms with Crippen molar-refractivity contribution in [3.05, 3.63) is 34.9 Å². The van der Waals surface area contributed by atoms with Crippen LogP contribution in [-0.2, 0) is 15.1 Å². The Morgan fingerprint density at radius 3 is 2.55 bits per heavy atom. The minimum atomic E-state index is -1.27. The first-order valence-corrected chi connectivity index (χ1v) is 10.5. The highest BCUT2D eigenvalue weighted by Gasteiger charge is 2.53. The summed E-state index contributed by atoms with van der Waals surface area (Å²) in [4.78, 5) is 41.8. The molecule has 4 rings (SSSR count). The summed E-state index contributed by atoms with van der Waals surface area (Å²) in [7, 11) is 0. The van der Waals surface area contributed by atoms with E-state index in [1.807, 2.05) is 4.90 Å². The summed E-state index contributed by atoms with van der Waals surface area (Å²) in [6.07, 6.45) is 3.01. The van der Waals surface area contributed by atoms with Crippen molar-refractivity contribution in [2.75, 3.05) is 13.1 Å². The Kier molecular flexibility index (Phi) is 4.50. The molecule has 3 fully saturated rings. The van der Waals surface area contributed by atoms with Crippen molar-refractivity contribution in [2.24, 2.45) is 10.8 Å². The molecule has 4 amide bonds. The molecule has 1 aromatic carbocycles. The molecule has 1 N–H and O–H groups in total. The third-order valence-electron chi connectivity index (χ3n) is 6.72. The zero-order chi connectivity index (χ0) is 21.2. The summed E-state index contributed by atoms with van der Waals surface area (Å²) < 4.78 is 0. The number of hydrogen-bond acceptors (Lipinski definition) is 3. The second-order valence-corrected chi connectivity index (χ2v) is 10.6. The lowest BCUT2D eigenvalue weighted by molar-refractivity contribution is -0.139. The summed E-state index contributed by atoms with van der Waals surface area (Å²) in [6.45, 7) is 8.81. The number of hydrogen-bond donors (Lipinski definition) is 1. The van der Waals surface area contributed by atoms with Crippen LogP contribution in [0.4, 0.5) is 4.79 Å². The molecule has 2 aliphatic heterocycles. The highest BCUT2D eigenvalue weighted by Crippen LogP contribution is 2.52. The molecular weight excluding hydrogens is 390 g/mol. The molecule has 1 aromatic rings. The number of fused-ring (bicyclic) bond motifs is 2. The Bertz CT molecular complexity index is 901. The van der Waals surface area contributed by atoms with E-state index in [0.717, 1.165) is 24.2 Å². The molecule has 29 heavy (non-hydrogen) atoms. The van der Waals surface area contributed by atoms with E-state index in [4.69, 9.17) is 11.6 Å². The van der Waals surface area contributed by atoms with Crippen molar-refractivity contribution in [1.29, 1.82) is 0 Å². The molecule has 3 aliphatic rings. The Labute approximate surface area is 176 Å². The molecule has 6 nitrogen and oxygen atoms in total. The smallest absolute Gasteiger partial charge is 0.325 e. The van der Waals surface area contributed by atoms with E-state index in [9.17, 15) is 14.4 Å². The number of rotatable bonds is 3. The minimum Gasteiger partial charge on any atom is -0.338 e. The van der Waals surface area contributed by atoms with Crippen LogP contribution in [0.1, 0.15) is 52.5 Å². The number of halogens is 1. The average molecular weight is 418 g/mol. The number of carbonyl (C=O) groups excluding carboxylic acids is 3. The highest BCUT2D eigenvalue weighted by molar-refractivity contribution is 6.32. The standard InChI is InChI=1S/C22H28ClN3O3/c1-20(2)9-14-10-21(3,12-20)13-26(14)17(27)11-25-18(28)22(4,24-19(25)29)15-7-5-6-8-16(15)23/h5-8,14H,9-13H2,1-4H3,(H,24,29)/t14-,21+,22+/m1/s1. The van der Waals surface area contributed by atoms with E-state index in [2.05, 4.69) is 26.1 Å². The molecule has 3 atom stereocenters. The van der Waals surface area contributed by atoms with E-state index in [1.54, 1.807) is 31.2 Å². The first-order chi connectivity index (χ1) is 13.4. The first kappa shape index (κ1) is 20.2. The lowest BCUT2D eigenvalue weighted by atomic mass is 9.65. The Morgan fingerprint density at radius 1 is 1.17 bits per heavy atom. The van der Waals surface area contributed by atoms with Gasteiger partial charge in [0.05, 0.1) is 0 Å². The van der Waals surface area contributed by atoms with Crippen LogP contribution in [0.25, 0.3) is 0 Å². The number of benzene rings is 1. The zero-order valence-electron chi connectivity index (χ0n) is 17.4. The van der Waals surface area contributed by atoms with Gasteiger partial charge in [-0.1, -0.05) is 50.6 Å². The number of amides is 4. The van der Waals surface area contributed by atoms with E-state index in [0.29, 0.717) is 17.1 Å². The number of nitrogens with zero attached hydrogens (tertiary/aromatic N) is 2. The van der Waals surface area contributed by atoms with Gasteiger partial charge in [0, 0.05) is 23.2 Å². The van der Waals surface area contributed by atoms with E-state index < -0.39 is 17.5 Å². The number of imide groups is 1. The van der Waals surface area contributed by atoms with Crippen LogP contribution in [0, 0.1) is 10.8 Å². The fourth-order valence-corrected chi connectivity index (χ4v) is 6.19. The van der Waals surface area contributed by atoms with Crippen LogP contribution in [0.15, 0.2) is 24.3 Å². The number of carbonyl (C=O) groups is 3. The van der Waals surface area contributed by atoms with Gasteiger partial charge >= 0.3 is 6.03 Å². The summed E-state index contributed by atoms with van der Waals surface area (Å²) in [5.41, 5.74) is -0.451. The molecule has 2 saturated heterocycles. The SMILES string of the molecule is CC1(C)C[C@@H]2C[C@](C)(CN2C(=O)CN2C(=O)N[C@@](C)(c3ccccc3Cl)C2=O)C1. The van der Waals surface area contributed by atoms with Crippen molar-refractivity contribution in [1.82, 2.24) is 15.1 Å². The first-order valence-electron chi connectivity index (χ1n) is 10.1. The van der Waals surface area contributed by atoms with Crippen molar-refractivity contribution in [3.63, 3.8) is 0 Å². The van der Waals surface area contributed by atoms with E-state index in [1.165, 1.54) is 0 Å². The fraction of sp³-hybridized carbons (Fsp3) is 0.591. The molecule has 0 unspecified atom stereocenters. The van der Waals surface area contributed by atoms with Crippen LogP contribution in [0.2, 0.25) is 5.02 Å². The van der Waals surface area contributed by atoms with Crippen LogP contribution in [0.3, 0.4) is 0 Å². The molecule has 2 bridgehead atoms. The predicted molar refractivity (Wildman–Crippen MR) is 110 cm³/mol. The van der Waals surface area contributed by atoms with Crippen LogP contribution < -0.4 is 5.32 Å². The normalized spacial score (nSPS) is 33.2. The summed E-state index contributed by atoms with van der Waals surface area (Å²) >= 11 is 6.27. The van der Waals surface area contributed by atoms with Gasteiger partial charge < -0.3 is 10.2 Å². The number of urea groups is 1. The number of nitrogens with one attached hydrogen (secondary N) is 1. The molecule has 0 aromatic heterocycles. The Balaban J connectivity index is 1.53. The topological polar surface area (TPSA) is 69.7 Å². The quantitative estimate of drug-likeness (QED) is 0.765. The molecule has 156 valence electrons. The monoisotopic (exact) mass is 417 g/mol. The van der Waals surface area contributed by atoms with Crippen molar-refractivity contribution >= 4 is 29.4 Å². The zero-order valence-corrected chi connectivity index (χ0v) is 18.2. The van der Waals surface area contributed by atoms with Gasteiger partial charge in [0.2, 0.25) is 5.91 Å². The molecule has 7 heteroatoms. The van der Waals surface area contributed by atoms with Gasteiger partial charge in [0.1, 0.15) is 12.1 Å². The average Bonchev–Trinajstić information content (AvgIpc) is 2.99. The lowest BCUT2D eigenvalue weighted by Crippen LogP contribution is -2.46. The molecule has 2 heterocycles. The van der Waals surface area contributed by atoms with Crippen molar-refractivity contribution in [2.45, 2.75) is 58.5 Å².